The van der Waals surface area contributed by atoms with Crippen LogP contribution in [0, 0.1) is 0 Å². The number of unbranched alkanes of at least 4 members (excludes halogenated alkanes) is 21. The summed E-state index contributed by atoms with van der Waals surface area (Å²) < 4.78 is 0. The Kier molecular flexibility index (Phi) is 37.4. The summed E-state index contributed by atoms with van der Waals surface area (Å²) in [5, 5.41) is 23.1. The zero-order valence-electron chi connectivity index (χ0n) is 31.3. The lowest BCUT2D eigenvalue weighted by Gasteiger charge is -2.22. The molecule has 4 nitrogen and oxygen atoms in total. The van der Waals surface area contributed by atoms with Crippen LogP contribution in [0.4, 0.5) is 0 Å². The molecule has 0 heterocycles. The molecule has 0 saturated carbocycles. The van der Waals surface area contributed by atoms with Gasteiger partial charge in [0.1, 0.15) is 0 Å². The Bertz CT molecular complexity index is 756. The van der Waals surface area contributed by atoms with Gasteiger partial charge in [-0.05, 0) is 51.4 Å². The smallest absolute Gasteiger partial charge is 0.220 e. The van der Waals surface area contributed by atoms with Crippen LogP contribution in [0.5, 0.6) is 0 Å². The summed E-state index contributed by atoms with van der Waals surface area (Å²) in [4.78, 5) is 12.3. The molecule has 0 saturated heterocycles. The van der Waals surface area contributed by atoms with Crippen LogP contribution >= 0.6 is 0 Å². The number of aliphatic hydroxyl groups excluding tert-OH is 2. The van der Waals surface area contributed by atoms with Crippen molar-refractivity contribution in [2.45, 2.75) is 212 Å². The van der Waals surface area contributed by atoms with Gasteiger partial charge >= 0.3 is 0 Å². The minimum absolute atomic E-state index is 0.0725. The molecule has 2 atom stereocenters. The first kappa shape index (κ1) is 45.3. The second kappa shape index (κ2) is 38.8. The lowest BCUT2D eigenvalue weighted by atomic mass is 10.0. The lowest BCUT2D eigenvalue weighted by molar-refractivity contribution is -0.123. The van der Waals surface area contributed by atoms with Crippen molar-refractivity contribution in [2.24, 2.45) is 0 Å². The molecule has 47 heavy (non-hydrogen) atoms. The molecule has 4 heteroatoms. The van der Waals surface area contributed by atoms with Gasteiger partial charge in [0.2, 0.25) is 5.91 Å². The van der Waals surface area contributed by atoms with Gasteiger partial charge in [-0.15, -0.1) is 0 Å². The fourth-order valence-corrected chi connectivity index (χ4v) is 6.00. The van der Waals surface area contributed by atoms with Gasteiger partial charge in [0.25, 0.3) is 0 Å². The number of hydrogen-bond donors (Lipinski definition) is 3. The number of allylic oxidation sites excluding steroid dienone is 8. The van der Waals surface area contributed by atoms with Gasteiger partial charge in [0.05, 0.1) is 18.8 Å². The van der Waals surface area contributed by atoms with Gasteiger partial charge < -0.3 is 15.5 Å². The first-order valence-corrected chi connectivity index (χ1v) is 20.3. The van der Waals surface area contributed by atoms with E-state index in [0.29, 0.717) is 12.8 Å². The summed E-state index contributed by atoms with van der Waals surface area (Å²) in [6.07, 6.45) is 51.8. The van der Waals surface area contributed by atoms with Crippen molar-refractivity contribution in [1.29, 1.82) is 0 Å². The van der Waals surface area contributed by atoms with Gasteiger partial charge in [-0.1, -0.05) is 191 Å². The van der Waals surface area contributed by atoms with Gasteiger partial charge in [0.15, 0.2) is 0 Å². The van der Waals surface area contributed by atoms with E-state index in [1.54, 1.807) is 0 Å². The maximum Gasteiger partial charge on any atom is 0.220 e. The highest BCUT2D eigenvalue weighted by atomic mass is 16.3. The third-order valence-electron chi connectivity index (χ3n) is 9.10. The SMILES string of the molecule is CC/C=C\C/C=C\C/C=C\C/C=C\CCCCC(=O)NC(CO)C(O)CCCCCCCCCCCCCCCCCCCCCC. The molecule has 0 bridgehead atoms. The maximum atomic E-state index is 12.3. The van der Waals surface area contributed by atoms with Crippen molar-refractivity contribution in [3.05, 3.63) is 48.6 Å². The number of hydrogen-bond acceptors (Lipinski definition) is 3. The molecule has 0 spiro atoms. The zero-order chi connectivity index (χ0) is 34.3. The summed E-state index contributed by atoms with van der Waals surface area (Å²) in [6.45, 7) is 4.22. The predicted octanol–water partition coefficient (Wildman–Crippen LogP) is 12.4. The summed E-state index contributed by atoms with van der Waals surface area (Å²) >= 11 is 0. The first-order valence-electron chi connectivity index (χ1n) is 20.3. The predicted molar refractivity (Wildman–Crippen MR) is 207 cm³/mol. The second-order valence-corrected chi connectivity index (χ2v) is 13.7. The third-order valence-corrected chi connectivity index (χ3v) is 9.10. The molecule has 1 amide bonds. The lowest BCUT2D eigenvalue weighted by Crippen LogP contribution is -2.45. The number of amides is 1. The topological polar surface area (TPSA) is 69.6 Å². The van der Waals surface area contributed by atoms with Gasteiger partial charge in [-0.3, -0.25) is 4.79 Å². The Labute approximate surface area is 293 Å². The summed E-state index contributed by atoms with van der Waals surface area (Å²) in [6, 6.07) is -0.558. The van der Waals surface area contributed by atoms with Crippen molar-refractivity contribution in [3.63, 3.8) is 0 Å². The molecule has 0 aliphatic rings. The molecule has 0 rings (SSSR count). The highest BCUT2D eigenvalue weighted by Gasteiger charge is 2.19. The average molecular weight is 658 g/mol. The van der Waals surface area contributed by atoms with E-state index >= 15 is 0 Å². The van der Waals surface area contributed by atoms with Crippen LogP contribution in [0.3, 0.4) is 0 Å². The van der Waals surface area contributed by atoms with Crippen molar-refractivity contribution in [3.8, 4) is 0 Å². The van der Waals surface area contributed by atoms with E-state index in [2.05, 4.69) is 67.8 Å². The largest absolute Gasteiger partial charge is 0.394 e. The van der Waals surface area contributed by atoms with Crippen LogP contribution in [0.25, 0.3) is 0 Å². The molecular weight excluding hydrogens is 578 g/mol. The molecule has 0 aromatic carbocycles. The monoisotopic (exact) mass is 658 g/mol. The van der Waals surface area contributed by atoms with Crippen molar-refractivity contribution >= 4 is 5.91 Å². The van der Waals surface area contributed by atoms with Crippen LogP contribution in [0.2, 0.25) is 0 Å². The first-order chi connectivity index (χ1) is 23.2. The number of rotatable bonds is 36. The second-order valence-electron chi connectivity index (χ2n) is 13.7. The van der Waals surface area contributed by atoms with E-state index in [0.717, 1.165) is 57.8 Å². The molecule has 274 valence electrons. The molecule has 0 fully saturated rings. The maximum absolute atomic E-state index is 12.3. The Morgan fingerprint density at radius 3 is 1.36 bits per heavy atom. The molecule has 0 aliphatic heterocycles. The van der Waals surface area contributed by atoms with Crippen LogP contribution in [0.15, 0.2) is 48.6 Å². The third kappa shape index (κ3) is 35.5. The number of aliphatic hydroxyl groups is 2. The highest BCUT2D eigenvalue weighted by molar-refractivity contribution is 5.76. The number of carbonyl (C=O) groups excluding carboxylic acids is 1. The molecule has 0 aliphatic carbocycles. The minimum atomic E-state index is -0.677. The van der Waals surface area contributed by atoms with E-state index in [-0.39, 0.29) is 12.5 Å². The van der Waals surface area contributed by atoms with Crippen LogP contribution in [0.1, 0.15) is 200 Å². The molecule has 0 aromatic heterocycles. The van der Waals surface area contributed by atoms with E-state index < -0.39 is 12.1 Å². The van der Waals surface area contributed by atoms with E-state index in [9.17, 15) is 15.0 Å². The van der Waals surface area contributed by atoms with Crippen molar-refractivity contribution in [2.75, 3.05) is 6.61 Å². The van der Waals surface area contributed by atoms with Crippen LogP contribution in [-0.4, -0.2) is 34.9 Å². The summed E-state index contributed by atoms with van der Waals surface area (Å²) in [5.74, 6) is -0.0725. The Morgan fingerprint density at radius 1 is 0.532 bits per heavy atom. The van der Waals surface area contributed by atoms with Crippen LogP contribution < -0.4 is 5.32 Å². The normalized spacial score (nSPS) is 13.5. The summed E-state index contributed by atoms with van der Waals surface area (Å²) in [7, 11) is 0. The summed E-state index contributed by atoms with van der Waals surface area (Å²) in [5.41, 5.74) is 0. The fourth-order valence-electron chi connectivity index (χ4n) is 6.00. The van der Waals surface area contributed by atoms with Gasteiger partial charge in [0, 0.05) is 6.42 Å². The van der Waals surface area contributed by atoms with Gasteiger partial charge in [-0.2, -0.15) is 0 Å². The average Bonchev–Trinajstić information content (AvgIpc) is 3.07. The Balaban J connectivity index is 3.59. The minimum Gasteiger partial charge on any atom is -0.394 e. The molecule has 0 aromatic rings. The molecule has 3 N–H and O–H groups in total. The van der Waals surface area contributed by atoms with Crippen molar-refractivity contribution in [1.82, 2.24) is 5.32 Å². The van der Waals surface area contributed by atoms with Crippen molar-refractivity contribution < 1.29 is 15.0 Å². The van der Waals surface area contributed by atoms with E-state index in [1.807, 2.05) is 0 Å². The molecule has 0 radical (unpaired) electrons. The van der Waals surface area contributed by atoms with E-state index in [1.165, 1.54) is 116 Å². The fraction of sp³-hybridized carbons (Fsp3) is 0.791. The highest BCUT2D eigenvalue weighted by Crippen LogP contribution is 2.16. The van der Waals surface area contributed by atoms with E-state index in [4.69, 9.17) is 0 Å². The van der Waals surface area contributed by atoms with Crippen LogP contribution in [-0.2, 0) is 4.79 Å². The number of nitrogens with one attached hydrogen (secondary N) is 1. The molecule has 2 unspecified atom stereocenters. The Morgan fingerprint density at radius 2 is 0.936 bits per heavy atom. The van der Waals surface area contributed by atoms with Gasteiger partial charge in [-0.25, -0.2) is 0 Å². The number of carbonyl (C=O) groups is 1. The zero-order valence-corrected chi connectivity index (χ0v) is 31.3. The quantitative estimate of drug-likeness (QED) is 0.0464. The standard InChI is InChI=1S/C43H79NO3/c1-3-5-7-9-11-13-15-17-19-20-21-22-23-25-26-28-30-32-34-36-38-42(46)41(40-45)44-43(47)39-37-35-33-31-29-27-24-18-16-14-12-10-8-6-4-2/h6,8,12,14,18,24,29,31,41-42,45-46H,3-5,7,9-11,13,15-17,19-23,25-28,30,32-40H2,1-2H3,(H,44,47)/b8-6-,14-12-,24-18-,31-29-. The Hall–Kier alpha value is -1.65. The molecular formula is C43H79NO3.